The number of fused-ring (bicyclic) bond motifs is 1. The van der Waals surface area contributed by atoms with Crippen LogP contribution in [0.2, 0.25) is 0 Å². The molecule has 0 radical (unpaired) electrons. The Balaban J connectivity index is 1.56. The molecule has 0 atom stereocenters. The van der Waals surface area contributed by atoms with Gasteiger partial charge in [-0.1, -0.05) is 29.8 Å². The number of amides is 2. The average molecular weight is 354 g/mol. The van der Waals surface area contributed by atoms with E-state index in [1.165, 1.54) is 6.92 Å². The molecule has 0 spiro atoms. The maximum Gasteiger partial charge on any atom is 0.231 e. The molecule has 1 aliphatic heterocycles. The third-order valence-electron chi connectivity index (χ3n) is 4.15. The van der Waals surface area contributed by atoms with Crippen molar-refractivity contribution in [3.05, 3.63) is 53.6 Å². The largest absolute Gasteiger partial charge is 0.454 e. The standard InChI is InChI=1S/C20H22N2O4/c1-14-4-3-5-16(10-14)11-20(24)21-8-9-22(15(2)23)17-6-7-18-19(12-17)26-13-25-18/h3-7,10,12H,8-9,11,13H2,1-2H3,(H,21,24). The van der Waals surface area contributed by atoms with Crippen LogP contribution in [0.4, 0.5) is 5.69 Å². The van der Waals surface area contributed by atoms with Crippen LogP contribution in [0.5, 0.6) is 11.5 Å². The van der Waals surface area contributed by atoms with Crippen molar-refractivity contribution in [3.63, 3.8) is 0 Å². The van der Waals surface area contributed by atoms with Crippen LogP contribution in [-0.2, 0) is 16.0 Å². The second-order valence-corrected chi connectivity index (χ2v) is 6.22. The van der Waals surface area contributed by atoms with Crippen molar-refractivity contribution < 1.29 is 19.1 Å². The number of aryl methyl sites for hydroxylation is 1. The van der Waals surface area contributed by atoms with Crippen molar-refractivity contribution in [3.8, 4) is 11.5 Å². The number of benzene rings is 2. The van der Waals surface area contributed by atoms with Gasteiger partial charge in [0.1, 0.15) is 0 Å². The number of anilines is 1. The molecule has 0 saturated carbocycles. The van der Waals surface area contributed by atoms with E-state index < -0.39 is 0 Å². The normalized spacial score (nSPS) is 11.9. The SMILES string of the molecule is CC(=O)N(CCNC(=O)Cc1cccc(C)c1)c1ccc2c(c1)OCO2. The van der Waals surface area contributed by atoms with Crippen molar-refractivity contribution >= 4 is 17.5 Å². The molecule has 0 saturated heterocycles. The number of nitrogens with one attached hydrogen (secondary N) is 1. The van der Waals surface area contributed by atoms with Gasteiger partial charge in [0, 0.05) is 31.8 Å². The Kier molecular flexibility index (Phi) is 5.41. The molecule has 0 bridgehead atoms. The van der Waals surface area contributed by atoms with Gasteiger partial charge >= 0.3 is 0 Å². The molecule has 6 heteroatoms. The smallest absolute Gasteiger partial charge is 0.231 e. The Morgan fingerprint density at radius 2 is 1.92 bits per heavy atom. The Bertz CT molecular complexity index is 819. The molecule has 0 aliphatic carbocycles. The minimum Gasteiger partial charge on any atom is -0.454 e. The summed E-state index contributed by atoms with van der Waals surface area (Å²) in [7, 11) is 0. The Hall–Kier alpha value is -3.02. The van der Waals surface area contributed by atoms with Crippen LogP contribution in [0.25, 0.3) is 0 Å². The highest BCUT2D eigenvalue weighted by molar-refractivity contribution is 5.92. The summed E-state index contributed by atoms with van der Waals surface area (Å²) in [4.78, 5) is 25.7. The van der Waals surface area contributed by atoms with Gasteiger partial charge in [0.25, 0.3) is 0 Å². The Labute approximate surface area is 152 Å². The molecule has 136 valence electrons. The summed E-state index contributed by atoms with van der Waals surface area (Å²) < 4.78 is 10.6. The maximum atomic E-state index is 12.1. The molecule has 1 heterocycles. The quantitative estimate of drug-likeness (QED) is 0.865. The fraction of sp³-hybridized carbons (Fsp3) is 0.300. The zero-order valence-corrected chi connectivity index (χ0v) is 15.0. The van der Waals surface area contributed by atoms with Crippen molar-refractivity contribution in [2.24, 2.45) is 0 Å². The van der Waals surface area contributed by atoms with Crippen LogP contribution in [0, 0.1) is 6.92 Å². The summed E-state index contributed by atoms with van der Waals surface area (Å²) in [5.74, 6) is 1.13. The lowest BCUT2D eigenvalue weighted by molar-refractivity contribution is -0.121. The van der Waals surface area contributed by atoms with Crippen LogP contribution in [0.15, 0.2) is 42.5 Å². The minimum absolute atomic E-state index is 0.0650. The van der Waals surface area contributed by atoms with E-state index >= 15 is 0 Å². The van der Waals surface area contributed by atoms with Gasteiger partial charge in [-0.15, -0.1) is 0 Å². The van der Waals surface area contributed by atoms with Crippen LogP contribution >= 0.6 is 0 Å². The molecule has 0 aromatic heterocycles. The number of hydrogen-bond acceptors (Lipinski definition) is 4. The summed E-state index contributed by atoms with van der Waals surface area (Å²) >= 11 is 0. The topological polar surface area (TPSA) is 67.9 Å². The Morgan fingerprint density at radius 3 is 2.69 bits per heavy atom. The van der Waals surface area contributed by atoms with E-state index in [0.29, 0.717) is 31.0 Å². The van der Waals surface area contributed by atoms with Crippen molar-refractivity contribution in [2.45, 2.75) is 20.3 Å². The van der Waals surface area contributed by atoms with E-state index in [1.54, 1.807) is 17.0 Å². The van der Waals surface area contributed by atoms with E-state index in [1.807, 2.05) is 37.3 Å². The predicted octanol–water partition coefficient (Wildman–Crippen LogP) is 2.44. The first-order chi connectivity index (χ1) is 12.5. The highest BCUT2D eigenvalue weighted by atomic mass is 16.7. The minimum atomic E-state index is -0.100. The molecular weight excluding hydrogens is 332 g/mol. The molecule has 26 heavy (non-hydrogen) atoms. The lowest BCUT2D eigenvalue weighted by Gasteiger charge is -2.21. The lowest BCUT2D eigenvalue weighted by atomic mass is 10.1. The fourth-order valence-corrected chi connectivity index (χ4v) is 2.90. The van der Waals surface area contributed by atoms with Crippen molar-refractivity contribution in [1.82, 2.24) is 5.32 Å². The van der Waals surface area contributed by atoms with E-state index in [4.69, 9.17) is 9.47 Å². The number of carbonyl (C=O) groups is 2. The average Bonchev–Trinajstić information content (AvgIpc) is 3.06. The monoisotopic (exact) mass is 354 g/mol. The number of hydrogen-bond donors (Lipinski definition) is 1. The van der Waals surface area contributed by atoms with Crippen LogP contribution in [-0.4, -0.2) is 31.7 Å². The first-order valence-electron chi connectivity index (χ1n) is 8.53. The first-order valence-corrected chi connectivity index (χ1v) is 8.53. The summed E-state index contributed by atoms with van der Waals surface area (Å²) in [5, 5.41) is 2.87. The second kappa shape index (κ2) is 7.91. The fourth-order valence-electron chi connectivity index (χ4n) is 2.90. The molecular formula is C20H22N2O4. The number of nitrogens with zero attached hydrogens (tertiary/aromatic N) is 1. The predicted molar refractivity (Wildman–Crippen MR) is 98.5 cm³/mol. The van der Waals surface area contributed by atoms with E-state index in [0.717, 1.165) is 16.8 Å². The Morgan fingerprint density at radius 1 is 1.12 bits per heavy atom. The van der Waals surface area contributed by atoms with Gasteiger partial charge in [0.2, 0.25) is 18.6 Å². The molecule has 0 unspecified atom stereocenters. The summed E-state index contributed by atoms with van der Waals surface area (Å²) in [6.07, 6.45) is 0.325. The summed E-state index contributed by atoms with van der Waals surface area (Å²) in [6, 6.07) is 13.2. The van der Waals surface area contributed by atoms with Gasteiger partial charge in [0.15, 0.2) is 11.5 Å². The van der Waals surface area contributed by atoms with Crippen molar-refractivity contribution in [2.75, 3.05) is 24.8 Å². The number of rotatable bonds is 6. The molecule has 2 aromatic carbocycles. The van der Waals surface area contributed by atoms with Crippen LogP contribution in [0.1, 0.15) is 18.1 Å². The highest BCUT2D eigenvalue weighted by Crippen LogP contribution is 2.35. The summed E-state index contributed by atoms with van der Waals surface area (Å²) in [5.41, 5.74) is 2.82. The van der Waals surface area contributed by atoms with Gasteiger partial charge < -0.3 is 19.7 Å². The van der Waals surface area contributed by atoms with Gasteiger partial charge in [-0.2, -0.15) is 0 Å². The second-order valence-electron chi connectivity index (χ2n) is 6.22. The molecule has 6 nitrogen and oxygen atoms in total. The summed E-state index contributed by atoms with van der Waals surface area (Å²) in [6.45, 7) is 4.44. The molecule has 1 aliphatic rings. The molecule has 1 N–H and O–H groups in total. The first kappa shape index (κ1) is 17.8. The van der Waals surface area contributed by atoms with Gasteiger partial charge in [-0.25, -0.2) is 0 Å². The maximum absolute atomic E-state index is 12.1. The molecule has 0 fully saturated rings. The van der Waals surface area contributed by atoms with Crippen LogP contribution in [0.3, 0.4) is 0 Å². The number of ether oxygens (including phenoxy) is 2. The van der Waals surface area contributed by atoms with E-state index in [-0.39, 0.29) is 18.6 Å². The van der Waals surface area contributed by atoms with E-state index in [9.17, 15) is 9.59 Å². The lowest BCUT2D eigenvalue weighted by Crippen LogP contribution is -2.38. The third kappa shape index (κ3) is 4.33. The van der Waals surface area contributed by atoms with Crippen LogP contribution < -0.4 is 19.7 Å². The molecule has 2 aromatic rings. The van der Waals surface area contributed by atoms with Gasteiger partial charge in [0.05, 0.1) is 6.42 Å². The highest BCUT2D eigenvalue weighted by Gasteiger charge is 2.18. The number of carbonyl (C=O) groups excluding carboxylic acids is 2. The van der Waals surface area contributed by atoms with Crippen molar-refractivity contribution in [1.29, 1.82) is 0 Å². The zero-order valence-electron chi connectivity index (χ0n) is 15.0. The van der Waals surface area contributed by atoms with Gasteiger partial charge in [-0.05, 0) is 24.6 Å². The van der Waals surface area contributed by atoms with E-state index in [2.05, 4.69) is 5.32 Å². The zero-order chi connectivity index (χ0) is 18.5. The molecule has 2 amide bonds. The molecule has 3 rings (SSSR count). The third-order valence-corrected chi connectivity index (χ3v) is 4.15. The van der Waals surface area contributed by atoms with Gasteiger partial charge in [-0.3, -0.25) is 9.59 Å².